The molecule has 3 aliphatic rings. The number of fused-ring (bicyclic) bond motifs is 1. The fraction of sp³-hybridized carbons (Fsp3) is 0.667. The monoisotopic (exact) mass is 441 g/mol. The molecule has 1 saturated carbocycles. The number of pyridine rings is 1. The molecule has 1 aliphatic carbocycles. The van der Waals surface area contributed by atoms with Crippen molar-refractivity contribution in [1.29, 1.82) is 0 Å². The predicted octanol–water partition coefficient (Wildman–Crippen LogP) is 2.00. The van der Waals surface area contributed by atoms with E-state index in [1.165, 1.54) is 44.3 Å². The number of piperidine rings is 1. The molecule has 2 aliphatic heterocycles. The van der Waals surface area contributed by atoms with Crippen LogP contribution in [0.5, 0.6) is 0 Å². The van der Waals surface area contributed by atoms with Crippen molar-refractivity contribution in [1.82, 2.24) is 19.8 Å². The van der Waals surface area contributed by atoms with Crippen LogP contribution in [0.3, 0.4) is 0 Å². The molecule has 2 unspecified atom stereocenters. The summed E-state index contributed by atoms with van der Waals surface area (Å²) in [5, 5.41) is 17.4. The molecule has 0 bridgehead atoms. The molecule has 2 aromatic heterocycles. The number of aliphatic hydroxyl groups is 1. The second kappa shape index (κ2) is 9.00. The summed E-state index contributed by atoms with van der Waals surface area (Å²) in [6.45, 7) is 5.26. The highest BCUT2D eigenvalue weighted by atomic mass is 16.5. The van der Waals surface area contributed by atoms with E-state index in [-0.39, 0.29) is 5.91 Å². The minimum Gasteiger partial charge on any atom is -0.381 e. The van der Waals surface area contributed by atoms with Gasteiger partial charge in [-0.05, 0) is 75.1 Å². The molecule has 3 fully saturated rings. The minimum absolute atomic E-state index is 0.123. The number of anilines is 1. The Bertz CT molecular complexity index is 956. The van der Waals surface area contributed by atoms with Gasteiger partial charge in [0, 0.05) is 38.9 Å². The van der Waals surface area contributed by atoms with Gasteiger partial charge in [0.05, 0.1) is 23.5 Å². The molecule has 0 spiro atoms. The average molecular weight is 442 g/mol. The van der Waals surface area contributed by atoms with Crippen molar-refractivity contribution in [3.05, 3.63) is 30.1 Å². The molecule has 0 radical (unpaired) electrons. The lowest BCUT2D eigenvalue weighted by Crippen LogP contribution is -2.54. The number of likely N-dealkylation sites (tertiary alicyclic amines) is 1. The molecule has 2 N–H and O–H groups in total. The van der Waals surface area contributed by atoms with Crippen molar-refractivity contribution in [2.75, 3.05) is 31.6 Å². The highest BCUT2D eigenvalue weighted by molar-refractivity contribution is 5.81. The normalized spacial score (nSPS) is 31.5. The molecule has 8 nitrogen and oxygen atoms in total. The number of methoxy groups -OCH3 is 1. The Labute approximate surface area is 189 Å². The predicted molar refractivity (Wildman–Crippen MR) is 122 cm³/mol. The van der Waals surface area contributed by atoms with Crippen molar-refractivity contribution in [2.24, 2.45) is 11.8 Å². The highest BCUT2D eigenvalue weighted by Gasteiger charge is 2.33. The molecule has 2 aromatic rings. The van der Waals surface area contributed by atoms with E-state index < -0.39 is 6.35 Å². The van der Waals surface area contributed by atoms with Crippen LogP contribution in [-0.4, -0.2) is 70.8 Å². The zero-order valence-corrected chi connectivity index (χ0v) is 19.1. The van der Waals surface area contributed by atoms with Crippen LogP contribution < -0.4 is 10.2 Å². The van der Waals surface area contributed by atoms with Gasteiger partial charge >= 0.3 is 0 Å². The number of ether oxygens (including phenoxy) is 1. The van der Waals surface area contributed by atoms with Gasteiger partial charge in [-0.25, -0.2) is 4.52 Å². The van der Waals surface area contributed by atoms with Crippen LogP contribution in [0, 0.1) is 11.8 Å². The third kappa shape index (κ3) is 4.36. The second-order valence-corrected chi connectivity index (χ2v) is 9.91. The number of amides is 1. The maximum absolute atomic E-state index is 11.6. The van der Waals surface area contributed by atoms with Crippen LogP contribution in [-0.2, 0) is 16.0 Å². The van der Waals surface area contributed by atoms with Crippen molar-refractivity contribution in [2.45, 2.75) is 63.9 Å². The van der Waals surface area contributed by atoms with E-state index in [0.717, 1.165) is 23.5 Å². The fourth-order valence-electron chi connectivity index (χ4n) is 5.71. The van der Waals surface area contributed by atoms with E-state index in [1.807, 2.05) is 22.7 Å². The van der Waals surface area contributed by atoms with Gasteiger partial charge in [0.2, 0.25) is 12.3 Å². The Morgan fingerprint density at radius 2 is 2.09 bits per heavy atom. The highest BCUT2D eigenvalue weighted by Crippen LogP contribution is 2.34. The molecule has 3 atom stereocenters. The summed E-state index contributed by atoms with van der Waals surface area (Å²) in [6, 6.07) is 4.98. The number of rotatable bonds is 6. The van der Waals surface area contributed by atoms with E-state index in [2.05, 4.69) is 34.4 Å². The Morgan fingerprint density at radius 1 is 1.25 bits per heavy atom. The summed E-state index contributed by atoms with van der Waals surface area (Å²) in [7, 11) is 1.83. The maximum atomic E-state index is 11.6. The van der Waals surface area contributed by atoms with Crippen LogP contribution in [0.1, 0.15) is 44.6 Å². The number of nitrogens with one attached hydrogen (secondary N) is 1. The van der Waals surface area contributed by atoms with Crippen LogP contribution >= 0.6 is 0 Å². The van der Waals surface area contributed by atoms with Gasteiger partial charge in [0.1, 0.15) is 0 Å². The van der Waals surface area contributed by atoms with Crippen molar-refractivity contribution in [3.8, 4) is 0 Å². The summed E-state index contributed by atoms with van der Waals surface area (Å²) in [5.41, 5.74) is 3.14. The molecule has 1 amide bonds. The summed E-state index contributed by atoms with van der Waals surface area (Å²) in [5.74, 6) is 1.36. The number of hydrogen-bond acceptors (Lipinski definition) is 6. The quantitative estimate of drug-likeness (QED) is 0.714. The summed E-state index contributed by atoms with van der Waals surface area (Å²) in [6.07, 6.45) is 9.59. The topological polar surface area (TPSA) is 82.3 Å². The van der Waals surface area contributed by atoms with Crippen molar-refractivity contribution >= 4 is 17.1 Å². The molecular weight excluding hydrogens is 406 g/mol. The zero-order chi connectivity index (χ0) is 22.2. The summed E-state index contributed by atoms with van der Waals surface area (Å²) < 4.78 is 7.28. The Hall–Kier alpha value is -2.16. The van der Waals surface area contributed by atoms with Gasteiger partial charge in [0.15, 0.2) is 0 Å². The van der Waals surface area contributed by atoms with Gasteiger partial charge in [-0.1, -0.05) is 0 Å². The van der Waals surface area contributed by atoms with Crippen molar-refractivity contribution < 1.29 is 14.6 Å². The number of carbonyl (C=O) groups excluding carboxylic acids is 1. The van der Waals surface area contributed by atoms with Crippen LogP contribution in [0.2, 0.25) is 0 Å². The largest absolute Gasteiger partial charge is 0.381 e. The minimum atomic E-state index is -1.01. The first-order valence-electron chi connectivity index (χ1n) is 12.0. The first-order chi connectivity index (χ1) is 15.5. The van der Waals surface area contributed by atoms with Gasteiger partial charge in [-0.15, -0.1) is 0 Å². The first-order valence-corrected chi connectivity index (χ1v) is 12.0. The van der Waals surface area contributed by atoms with Gasteiger partial charge in [-0.2, -0.15) is 5.10 Å². The number of aromatic nitrogens is 2. The number of carbonyl (C=O) groups is 1. The van der Waals surface area contributed by atoms with Gasteiger partial charge in [-0.3, -0.25) is 4.79 Å². The number of aliphatic hydroxyl groups excluding tert-OH is 1. The molecular formula is C24H35N5O3. The van der Waals surface area contributed by atoms with Crippen LogP contribution in [0.4, 0.5) is 5.69 Å². The maximum Gasteiger partial charge on any atom is 0.225 e. The van der Waals surface area contributed by atoms with E-state index in [1.54, 1.807) is 6.20 Å². The Kier molecular flexibility index (Phi) is 6.09. The molecule has 4 heterocycles. The van der Waals surface area contributed by atoms with E-state index >= 15 is 0 Å². The third-order valence-corrected chi connectivity index (χ3v) is 7.71. The zero-order valence-electron chi connectivity index (χ0n) is 19.1. The van der Waals surface area contributed by atoms with E-state index in [9.17, 15) is 9.90 Å². The van der Waals surface area contributed by atoms with E-state index in [0.29, 0.717) is 31.0 Å². The first kappa shape index (κ1) is 21.7. The SMILES string of the molecule is CO[C@H]1C[C@H](CN2CCC(Cc3ccn4ncc(N5CCC(=O)NC5O)c4c3)C[C@@H]2C)C1. The molecule has 2 saturated heterocycles. The number of hydrogen-bond donors (Lipinski definition) is 2. The fourth-order valence-corrected chi connectivity index (χ4v) is 5.71. The molecule has 32 heavy (non-hydrogen) atoms. The van der Waals surface area contributed by atoms with E-state index in [4.69, 9.17) is 4.74 Å². The Balaban J connectivity index is 1.22. The molecule has 5 rings (SSSR count). The van der Waals surface area contributed by atoms with Gasteiger partial charge < -0.3 is 25.0 Å². The Morgan fingerprint density at radius 3 is 2.84 bits per heavy atom. The molecule has 174 valence electrons. The second-order valence-electron chi connectivity index (χ2n) is 9.91. The average Bonchev–Trinajstić information content (AvgIpc) is 3.15. The smallest absolute Gasteiger partial charge is 0.225 e. The van der Waals surface area contributed by atoms with Gasteiger partial charge in [0.25, 0.3) is 0 Å². The lowest BCUT2D eigenvalue weighted by Gasteiger charge is -2.43. The summed E-state index contributed by atoms with van der Waals surface area (Å²) in [4.78, 5) is 16.0. The lowest BCUT2D eigenvalue weighted by atomic mass is 9.80. The third-order valence-electron chi connectivity index (χ3n) is 7.71. The van der Waals surface area contributed by atoms with Crippen LogP contribution in [0.25, 0.3) is 5.52 Å². The molecule has 8 heteroatoms. The molecule has 0 aromatic carbocycles. The standard InChI is InChI=1S/C24H35N5O3/c1-16-9-17(3-6-27(16)15-19-11-20(12-19)32-2)10-18-4-8-29-21(13-18)22(14-25-29)28-7-5-23(30)26-24(28)31/h4,8,13-14,16-17,19-20,24,31H,3,5-7,9-12,15H2,1-2H3,(H,26,30)/t16-,17?,19-,20-,24?/m0/s1. The lowest BCUT2D eigenvalue weighted by molar-refractivity contribution is -0.125. The van der Waals surface area contributed by atoms with Crippen molar-refractivity contribution in [3.63, 3.8) is 0 Å². The summed E-state index contributed by atoms with van der Waals surface area (Å²) >= 11 is 0. The van der Waals surface area contributed by atoms with Crippen LogP contribution in [0.15, 0.2) is 24.5 Å². The number of nitrogens with zero attached hydrogens (tertiary/aromatic N) is 4.